The molecule has 1 saturated carbocycles. The molecule has 1 N–H and O–H groups in total. The van der Waals surface area contributed by atoms with E-state index >= 15 is 0 Å². The van der Waals surface area contributed by atoms with Crippen LogP contribution in [0.3, 0.4) is 0 Å². The first-order valence-electron chi connectivity index (χ1n) is 6.46. The number of nitrogens with zero attached hydrogens (tertiary/aromatic N) is 3. The highest BCUT2D eigenvalue weighted by atomic mass is 32.2. The van der Waals surface area contributed by atoms with E-state index in [1.807, 2.05) is 11.8 Å². The fourth-order valence-corrected chi connectivity index (χ4v) is 4.09. The standard InChI is InChI=1S/C12H18N4OS/c1-9-3-2-4-12(5-9)7-18-11(15-12)13-6-10-14-8-17-16-10/h8-9H,2-7H2,1H3,(H,13,15). The molecule has 2 aliphatic rings. The molecule has 5 nitrogen and oxygen atoms in total. The molecule has 2 atom stereocenters. The molecule has 3 rings (SSSR count). The molecule has 1 aromatic heterocycles. The van der Waals surface area contributed by atoms with Crippen LogP contribution >= 0.6 is 11.8 Å². The maximum Gasteiger partial charge on any atom is 0.213 e. The van der Waals surface area contributed by atoms with Crippen LogP contribution in [0.15, 0.2) is 15.9 Å². The van der Waals surface area contributed by atoms with E-state index in [1.54, 1.807) is 0 Å². The van der Waals surface area contributed by atoms with Crippen molar-refractivity contribution in [3.8, 4) is 0 Å². The average Bonchev–Trinajstić information content (AvgIpc) is 2.97. The van der Waals surface area contributed by atoms with Crippen LogP contribution in [0.25, 0.3) is 0 Å². The predicted molar refractivity (Wildman–Crippen MR) is 71.4 cm³/mol. The molecule has 0 amide bonds. The van der Waals surface area contributed by atoms with E-state index in [0.29, 0.717) is 17.9 Å². The molecule has 1 saturated heterocycles. The summed E-state index contributed by atoms with van der Waals surface area (Å²) in [5.74, 6) is 2.61. The summed E-state index contributed by atoms with van der Waals surface area (Å²) in [5.41, 5.74) is 0.290. The summed E-state index contributed by atoms with van der Waals surface area (Å²) < 4.78 is 4.70. The van der Waals surface area contributed by atoms with Crippen molar-refractivity contribution in [2.24, 2.45) is 10.9 Å². The molecule has 2 fully saturated rings. The van der Waals surface area contributed by atoms with Gasteiger partial charge in [0.2, 0.25) is 6.39 Å². The van der Waals surface area contributed by atoms with Crippen LogP contribution < -0.4 is 5.32 Å². The number of aromatic nitrogens is 2. The van der Waals surface area contributed by atoms with Crippen molar-refractivity contribution in [2.75, 3.05) is 5.75 Å². The number of hydrogen-bond donors (Lipinski definition) is 1. The molecular formula is C12H18N4OS. The van der Waals surface area contributed by atoms with Gasteiger partial charge in [0.05, 0.1) is 0 Å². The fourth-order valence-electron chi connectivity index (χ4n) is 2.90. The highest BCUT2D eigenvalue weighted by Crippen LogP contribution is 2.38. The minimum absolute atomic E-state index is 0.290. The van der Waals surface area contributed by atoms with E-state index in [2.05, 4.69) is 27.4 Å². The molecule has 98 valence electrons. The predicted octanol–water partition coefficient (Wildman–Crippen LogP) is 2.21. The molecule has 0 radical (unpaired) electrons. The second kappa shape index (κ2) is 4.91. The van der Waals surface area contributed by atoms with Gasteiger partial charge in [-0.1, -0.05) is 36.7 Å². The Balaban J connectivity index is 1.62. The van der Waals surface area contributed by atoms with Gasteiger partial charge in [-0.2, -0.15) is 4.98 Å². The fraction of sp³-hybridized carbons (Fsp3) is 0.750. The first-order valence-corrected chi connectivity index (χ1v) is 7.45. The van der Waals surface area contributed by atoms with Crippen LogP contribution in [-0.4, -0.2) is 26.6 Å². The molecule has 1 aliphatic heterocycles. The molecule has 1 aliphatic carbocycles. The van der Waals surface area contributed by atoms with Crippen LogP contribution in [0.2, 0.25) is 0 Å². The van der Waals surface area contributed by atoms with Crippen molar-refractivity contribution >= 4 is 16.9 Å². The molecule has 0 aromatic carbocycles. The van der Waals surface area contributed by atoms with Gasteiger partial charge in [-0.05, 0) is 18.8 Å². The van der Waals surface area contributed by atoms with Gasteiger partial charge in [-0.3, -0.25) is 4.99 Å². The summed E-state index contributed by atoms with van der Waals surface area (Å²) in [6.45, 7) is 2.85. The van der Waals surface area contributed by atoms with Gasteiger partial charge >= 0.3 is 0 Å². The van der Waals surface area contributed by atoms with E-state index < -0.39 is 0 Å². The monoisotopic (exact) mass is 266 g/mol. The molecular weight excluding hydrogens is 248 g/mol. The van der Waals surface area contributed by atoms with Gasteiger partial charge in [-0.25, -0.2) is 0 Å². The normalized spacial score (nSPS) is 34.1. The van der Waals surface area contributed by atoms with Crippen molar-refractivity contribution in [1.82, 2.24) is 15.5 Å². The number of aliphatic imine (C=N–C) groups is 1. The topological polar surface area (TPSA) is 63.3 Å². The Bertz CT molecular complexity index is 433. The molecule has 1 spiro atoms. The zero-order chi connectivity index (χ0) is 12.4. The summed E-state index contributed by atoms with van der Waals surface area (Å²) >= 11 is 1.82. The van der Waals surface area contributed by atoms with Crippen LogP contribution in [0.1, 0.15) is 38.4 Å². The molecule has 6 heteroatoms. The average molecular weight is 266 g/mol. The highest BCUT2D eigenvalue weighted by Gasteiger charge is 2.40. The molecule has 1 aromatic rings. The van der Waals surface area contributed by atoms with Crippen molar-refractivity contribution in [2.45, 2.75) is 44.7 Å². The van der Waals surface area contributed by atoms with Gasteiger partial charge in [0.15, 0.2) is 11.0 Å². The first-order chi connectivity index (χ1) is 8.76. The Morgan fingerprint density at radius 3 is 3.39 bits per heavy atom. The SMILES string of the molecule is CC1CCCC2(CSC(=NCc3ncon3)N2)C1. The van der Waals surface area contributed by atoms with Gasteiger partial charge in [0.1, 0.15) is 6.54 Å². The van der Waals surface area contributed by atoms with Crippen molar-refractivity contribution < 1.29 is 4.52 Å². The van der Waals surface area contributed by atoms with E-state index in [-0.39, 0.29) is 0 Å². The minimum Gasteiger partial charge on any atom is -0.359 e. The largest absolute Gasteiger partial charge is 0.359 e. The van der Waals surface area contributed by atoms with E-state index in [9.17, 15) is 0 Å². The van der Waals surface area contributed by atoms with E-state index in [4.69, 9.17) is 4.52 Å². The third kappa shape index (κ3) is 2.53. The maximum atomic E-state index is 4.70. The Morgan fingerprint density at radius 2 is 2.61 bits per heavy atom. The zero-order valence-electron chi connectivity index (χ0n) is 10.6. The minimum atomic E-state index is 0.290. The first kappa shape index (κ1) is 12.0. The number of nitrogens with one attached hydrogen (secondary N) is 1. The molecule has 2 unspecified atom stereocenters. The summed E-state index contributed by atoms with van der Waals surface area (Å²) in [6, 6.07) is 0. The number of hydrogen-bond acceptors (Lipinski definition) is 5. The van der Waals surface area contributed by atoms with Gasteiger partial charge < -0.3 is 9.84 Å². The molecule has 0 bridgehead atoms. The van der Waals surface area contributed by atoms with Crippen molar-refractivity contribution in [3.63, 3.8) is 0 Å². The number of rotatable bonds is 2. The van der Waals surface area contributed by atoms with Gasteiger partial charge in [0, 0.05) is 11.3 Å². The lowest BCUT2D eigenvalue weighted by molar-refractivity contribution is 0.242. The lowest BCUT2D eigenvalue weighted by atomic mass is 9.78. The van der Waals surface area contributed by atoms with Crippen LogP contribution in [-0.2, 0) is 6.54 Å². The Kier molecular flexibility index (Phi) is 3.28. The summed E-state index contributed by atoms with van der Waals surface area (Å²) in [6.07, 6.45) is 6.57. The lowest BCUT2D eigenvalue weighted by Crippen LogP contribution is -2.47. The molecule has 2 heterocycles. The smallest absolute Gasteiger partial charge is 0.213 e. The highest BCUT2D eigenvalue weighted by molar-refractivity contribution is 8.14. The zero-order valence-corrected chi connectivity index (χ0v) is 11.4. The third-order valence-corrected chi connectivity index (χ3v) is 4.92. The molecule has 18 heavy (non-hydrogen) atoms. The van der Waals surface area contributed by atoms with Crippen LogP contribution in [0.5, 0.6) is 0 Å². The Hall–Kier alpha value is -1.04. The summed E-state index contributed by atoms with van der Waals surface area (Å²) in [5, 5.41) is 8.43. The summed E-state index contributed by atoms with van der Waals surface area (Å²) in [7, 11) is 0. The van der Waals surface area contributed by atoms with Gasteiger partial charge in [-0.15, -0.1) is 0 Å². The second-order valence-electron chi connectivity index (χ2n) is 5.36. The second-order valence-corrected chi connectivity index (χ2v) is 6.33. The summed E-state index contributed by atoms with van der Waals surface area (Å²) in [4.78, 5) is 8.50. The van der Waals surface area contributed by atoms with Gasteiger partial charge in [0.25, 0.3) is 0 Å². The van der Waals surface area contributed by atoms with Crippen LogP contribution in [0, 0.1) is 5.92 Å². The number of amidine groups is 1. The third-order valence-electron chi connectivity index (χ3n) is 3.72. The lowest BCUT2D eigenvalue weighted by Gasteiger charge is -2.36. The quantitative estimate of drug-likeness (QED) is 0.889. The maximum absolute atomic E-state index is 4.70. The Morgan fingerprint density at radius 1 is 1.67 bits per heavy atom. The van der Waals surface area contributed by atoms with E-state index in [1.165, 1.54) is 32.1 Å². The van der Waals surface area contributed by atoms with E-state index in [0.717, 1.165) is 16.8 Å². The van der Waals surface area contributed by atoms with Crippen molar-refractivity contribution in [1.29, 1.82) is 0 Å². The Labute approximate surface area is 111 Å². The van der Waals surface area contributed by atoms with Crippen molar-refractivity contribution in [3.05, 3.63) is 12.2 Å². The number of thioether (sulfide) groups is 1. The van der Waals surface area contributed by atoms with Crippen LogP contribution in [0.4, 0.5) is 0 Å².